The molecule has 0 spiro atoms. The Kier molecular flexibility index (Phi) is 111. The van der Waals surface area contributed by atoms with Crippen molar-refractivity contribution in [3.63, 3.8) is 0 Å². The van der Waals surface area contributed by atoms with Crippen molar-refractivity contribution in [3.05, 3.63) is 0 Å². The monoisotopic (exact) mass is 203 g/mol. The molecule has 0 aliphatic rings. The van der Waals surface area contributed by atoms with E-state index in [2.05, 4.69) is 0 Å². The van der Waals surface area contributed by atoms with Crippen LogP contribution in [0.25, 0.3) is 0 Å². The molecule has 0 unspecified atom stereocenters. The van der Waals surface area contributed by atoms with E-state index in [1.165, 1.54) is 0 Å². The Hall–Kier alpha value is 3.20. The first-order valence-electron chi connectivity index (χ1n) is 0. The van der Waals surface area contributed by atoms with Crippen LogP contribution in [0.3, 0.4) is 0 Å². The Labute approximate surface area is 97.6 Å². The quantitative estimate of drug-likeness (QED) is 0.271. The molecule has 0 rings (SSSR count). The summed E-state index contributed by atoms with van der Waals surface area (Å²) in [5.74, 6) is 0. The molecule has 4 heteroatoms. The van der Waals surface area contributed by atoms with Crippen LogP contribution in [0, 0.1) is 0 Å². The molecule has 1 radical (unpaired) electrons. The third kappa shape index (κ3) is 8.96. The summed E-state index contributed by atoms with van der Waals surface area (Å²) in [6.07, 6.45) is 0. The van der Waals surface area contributed by atoms with Crippen LogP contribution in [0.4, 0.5) is 0 Å². The molecule has 0 heterocycles. The van der Waals surface area contributed by atoms with Crippen molar-refractivity contribution in [2.24, 2.45) is 0 Å². The van der Waals surface area contributed by atoms with Crippen LogP contribution in [-0.4, -0.2) is 0 Å². The van der Waals surface area contributed by atoms with Gasteiger partial charge < -0.3 is 25.4 Å². The fraction of sp³-hybridized carbons (Fsp3) is 0. The second-order valence-corrected chi connectivity index (χ2v) is 0. The first-order chi connectivity index (χ1) is 0. The van der Waals surface area contributed by atoms with E-state index in [1.54, 1.807) is 0 Å². The normalized spacial score (nSPS) is 0. The van der Waals surface area contributed by atoms with Gasteiger partial charge in [0, 0.05) is 25.8 Å². The molecule has 0 fully saturated rings. The van der Waals surface area contributed by atoms with Crippen LogP contribution in [0.5, 0.6) is 0 Å². The van der Waals surface area contributed by atoms with E-state index in [9.17, 15) is 0 Å². The van der Waals surface area contributed by atoms with Gasteiger partial charge in [-0.15, -0.1) is 0 Å². The largest absolute Gasteiger partial charge is 1.00 e. The molecule has 0 aliphatic heterocycles. The number of rotatable bonds is 0. The first-order valence-corrected chi connectivity index (χ1v) is 0. The predicted octanol–water partition coefficient (Wildman–Crippen LogP) is -8.88. The molecule has 0 amide bonds. The standard InChI is InChI=1S/HI.Li.Na.Sc.H/h1H;;;;/q;2*+1;;-1/p-1. The summed E-state index contributed by atoms with van der Waals surface area (Å²) in [6.45, 7) is 0. The van der Waals surface area contributed by atoms with E-state index in [4.69, 9.17) is 0 Å². The molecule has 0 aromatic heterocycles. The number of halogens is 1. The third-order valence-electron chi connectivity index (χ3n) is 0. The second-order valence-electron chi connectivity index (χ2n) is 0. The van der Waals surface area contributed by atoms with Crippen molar-refractivity contribution < 1.29 is 99.7 Å². The van der Waals surface area contributed by atoms with Gasteiger partial charge in [-0.05, 0) is 0 Å². The van der Waals surface area contributed by atoms with Gasteiger partial charge in [0.15, 0.2) is 0 Å². The molecule has 0 nitrogen and oxygen atoms in total. The van der Waals surface area contributed by atoms with Crippen LogP contribution < -0.4 is 72.4 Å². The molecule has 0 atom stereocenters. The summed E-state index contributed by atoms with van der Waals surface area (Å²) in [6, 6.07) is 0. The van der Waals surface area contributed by atoms with Crippen molar-refractivity contribution in [2.75, 3.05) is 0 Å². The molecular weight excluding hydrogens is 202 g/mol. The summed E-state index contributed by atoms with van der Waals surface area (Å²) in [4.78, 5) is 0. The summed E-state index contributed by atoms with van der Waals surface area (Å²) < 4.78 is 0. The molecule has 0 N–H and O–H groups in total. The van der Waals surface area contributed by atoms with E-state index in [0.717, 1.165) is 0 Å². The van der Waals surface area contributed by atoms with Crippen molar-refractivity contribution in [2.45, 2.75) is 0 Å². The van der Waals surface area contributed by atoms with Crippen LogP contribution in [0.1, 0.15) is 1.43 Å². The van der Waals surface area contributed by atoms with Crippen LogP contribution in [0.15, 0.2) is 0 Å². The molecule has 0 aromatic rings. The zero-order chi connectivity index (χ0) is 0. The van der Waals surface area contributed by atoms with E-state index in [0.29, 0.717) is 0 Å². The minimum atomic E-state index is 0. The van der Waals surface area contributed by atoms with Gasteiger partial charge in [-0.1, -0.05) is 0 Å². The van der Waals surface area contributed by atoms with E-state index in [1.807, 2.05) is 0 Å². The SMILES string of the molecule is [H-].[I-].[Li+].[Na+].[Sc]. The Morgan fingerprint density at radius 1 is 1.25 bits per heavy atom. The van der Waals surface area contributed by atoms with Gasteiger partial charge in [0.25, 0.3) is 0 Å². The summed E-state index contributed by atoms with van der Waals surface area (Å²) in [5.41, 5.74) is 0. The Morgan fingerprint density at radius 3 is 1.25 bits per heavy atom. The van der Waals surface area contributed by atoms with Crippen molar-refractivity contribution in [1.82, 2.24) is 0 Å². The zero-order valence-corrected chi connectivity index (χ0v) is 8.92. The van der Waals surface area contributed by atoms with Gasteiger partial charge in [-0.2, -0.15) is 0 Å². The van der Waals surface area contributed by atoms with Crippen molar-refractivity contribution in [3.8, 4) is 0 Å². The predicted molar refractivity (Wildman–Crippen MR) is 1.11 cm³/mol. The Bertz CT molecular complexity index is 11.6. The zero-order valence-electron chi connectivity index (χ0n) is 3.96. The average molecular weight is 203 g/mol. The maximum Gasteiger partial charge on any atom is 1.00 e. The van der Waals surface area contributed by atoms with Gasteiger partial charge in [0.2, 0.25) is 0 Å². The Morgan fingerprint density at radius 2 is 1.25 bits per heavy atom. The van der Waals surface area contributed by atoms with Crippen molar-refractivity contribution in [1.29, 1.82) is 0 Å². The van der Waals surface area contributed by atoms with E-state index in [-0.39, 0.29) is 99.7 Å². The number of hydrogen-bond acceptors (Lipinski definition) is 0. The molecule has 0 aromatic carbocycles. The number of hydrogen-bond donors (Lipinski definition) is 0. The fourth-order valence-electron chi connectivity index (χ4n) is 0. The second kappa shape index (κ2) is 16.4. The van der Waals surface area contributed by atoms with E-state index < -0.39 is 0 Å². The molecule has 0 bridgehead atoms. The summed E-state index contributed by atoms with van der Waals surface area (Å²) in [5, 5.41) is 0. The van der Waals surface area contributed by atoms with Gasteiger partial charge in [-0.25, -0.2) is 0 Å². The maximum absolute atomic E-state index is 0. The van der Waals surface area contributed by atoms with Gasteiger partial charge in [-0.3, -0.25) is 0 Å². The smallest absolute Gasteiger partial charge is 1.00 e. The molecule has 0 saturated heterocycles. The summed E-state index contributed by atoms with van der Waals surface area (Å²) in [7, 11) is 0. The Balaban J connectivity index is 0. The van der Waals surface area contributed by atoms with Gasteiger partial charge >= 0.3 is 48.4 Å². The maximum atomic E-state index is 0. The van der Waals surface area contributed by atoms with Gasteiger partial charge in [0.05, 0.1) is 0 Å². The molecule has 4 heavy (non-hydrogen) atoms. The topological polar surface area (TPSA) is 0 Å². The molecular formula is HILiNaSc. The van der Waals surface area contributed by atoms with Crippen LogP contribution in [0.2, 0.25) is 0 Å². The van der Waals surface area contributed by atoms with Crippen LogP contribution in [-0.2, 0) is 25.8 Å². The first kappa shape index (κ1) is 27.0. The van der Waals surface area contributed by atoms with Crippen molar-refractivity contribution >= 4 is 0 Å². The third-order valence-corrected chi connectivity index (χ3v) is 0. The minimum Gasteiger partial charge on any atom is -1.00 e. The fourth-order valence-corrected chi connectivity index (χ4v) is 0. The van der Waals surface area contributed by atoms with Crippen LogP contribution >= 0.6 is 0 Å². The molecule has 13 valence electrons. The van der Waals surface area contributed by atoms with E-state index >= 15 is 0 Å². The minimum absolute atomic E-state index is 0. The molecule has 0 aliphatic carbocycles. The van der Waals surface area contributed by atoms with Gasteiger partial charge in [0.1, 0.15) is 0 Å². The average Bonchev–Trinajstić information content (AvgIpc) is 0. The molecule has 0 saturated carbocycles. The summed E-state index contributed by atoms with van der Waals surface area (Å²) >= 11 is 0.